The summed E-state index contributed by atoms with van der Waals surface area (Å²) >= 11 is 2.15. The van der Waals surface area contributed by atoms with Crippen LogP contribution in [-0.2, 0) is 7.05 Å². The van der Waals surface area contributed by atoms with E-state index in [1.165, 1.54) is 10.9 Å². The lowest BCUT2D eigenvalue weighted by Crippen LogP contribution is -2.00. The van der Waals surface area contributed by atoms with Crippen molar-refractivity contribution < 1.29 is 14.2 Å². The Morgan fingerprint density at radius 1 is 0.974 bits per heavy atom. The predicted octanol–water partition coefficient (Wildman–Crippen LogP) is 7.17. The summed E-state index contributed by atoms with van der Waals surface area (Å²) in [6, 6.07) is 14.1. The molecule has 4 rings (SSSR count). The molecule has 0 fully saturated rings. The minimum Gasteiger partial charge on any atom is -0.496 e. The van der Waals surface area contributed by atoms with Gasteiger partial charge < -0.3 is 18.8 Å². The fourth-order valence-electron chi connectivity index (χ4n) is 3.80. The van der Waals surface area contributed by atoms with Crippen molar-refractivity contribution in [3.63, 3.8) is 0 Å². The molecule has 0 bridgehead atoms. The maximum Gasteiger partial charge on any atom is 0.133 e. The predicted molar refractivity (Wildman–Crippen MR) is 165 cm³/mol. The van der Waals surface area contributed by atoms with E-state index in [9.17, 15) is 0 Å². The molecule has 8 heteroatoms. The number of allylic oxidation sites excluding steroid dienone is 2. The number of hydrogen-bond acceptors (Lipinski definition) is 5. The number of aliphatic imine (C=N–C) groups is 1. The molecule has 0 radical (unpaired) electrons. The van der Waals surface area contributed by atoms with E-state index in [1.807, 2.05) is 59.7 Å². The van der Waals surface area contributed by atoms with E-state index >= 15 is 0 Å². The number of benzene rings is 2. The number of nitrogens with one attached hydrogen (secondary N) is 1. The molecule has 0 amide bonds. The second-order valence-corrected chi connectivity index (χ2v) is 8.92. The summed E-state index contributed by atoms with van der Waals surface area (Å²) in [4.78, 5) is 4.16. The average molecular weight is 620 g/mol. The van der Waals surface area contributed by atoms with Crippen LogP contribution in [0.5, 0.6) is 17.2 Å². The van der Waals surface area contributed by atoms with Crippen molar-refractivity contribution in [2.24, 2.45) is 12.0 Å². The third-order valence-electron chi connectivity index (χ3n) is 5.71. The smallest absolute Gasteiger partial charge is 0.133 e. The first kappa shape index (κ1) is 27.0. The summed E-state index contributed by atoms with van der Waals surface area (Å²) in [6.45, 7) is 0.323. The van der Waals surface area contributed by atoms with Gasteiger partial charge in [-0.3, -0.25) is 10.1 Å². The normalized spacial score (nSPS) is 12.3. The molecule has 0 aliphatic heterocycles. The summed E-state index contributed by atoms with van der Waals surface area (Å²) in [5.41, 5.74) is 4.80. The minimum atomic E-state index is 0.323. The third-order valence-corrected chi connectivity index (χ3v) is 6.12. The highest BCUT2D eigenvalue weighted by molar-refractivity contribution is 14.1. The highest BCUT2D eigenvalue weighted by atomic mass is 127. The van der Waals surface area contributed by atoms with E-state index < -0.39 is 0 Å². The summed E-state index contributed by atoms with van der Waals surface area (Å²) < 4.78 is 21.0. The third kappa shape index (κ3) is 7.04. The van der Waals surface area contributed by atoms with Crippen LogP contribution in [0, 0.1) is 0 Å². The number of aromatic amines is 1. The maximum atomic E-state index is 5.80. The van der Waals surface area contributed by atoms with Crippen LogP contribution >= 0.6 is 22.6 Å². The van der Waals surface area contributed by atoms with Crippen LogP contribution in [0.4, 0.5) is 0 Å². The first-order valence-electron chi connectivity index (χ1n) is 11.9. The quantitative estimate of drug-likeness (QED) is 0.110. The molecule has 0 aliphatic rings. The molecule has 7 nitrogen and oxygen atoms in total. The Morgan fingerprint density at radius 3 is 2.55 bits per heavy atom. The zero-order valence-electron chi connectivity index (χ0n) is 21.5. The van der Waals surface area contributed by atoms with Gasteiger partial charge in [-0.25, -0.2) is 0 Å². The maximum absolute atomic E-state index is 5.80. The number of rotatable bonds is 11. The zero-order chi connectivity index (χ0) is 26.7. The lowest BCUT2D eigenvalue weighted by atomic mass is 10.1. The van der Waals surface area contributed by atoms with Crippen LogP contribution in [0.2, 0.25) is 0 Å². The molecule has 0 saturated carbocycles. The molecule has 0 aliphatic carbocycles. The van der Waals surface area contributed by atoms with Crippen molar-refractivity contribution in [3.05, 3.63) is 93.6 Å². The summed E-state index contributed by atoms with van der Waals surface area (Å²) in [7, 11) is 5.29. The Labute approximate surface area is 236 Å². The number of ether oxygens (including phenoxy) is 3. The first-order chi connectivity index (χ1) is 18.6. The van der Waals surface area contributed by atoms with Gasteiger partial charge in [0.25, 0.3) is 0 Å². The number of hydrogen-bond donors (Lipinski definition) is 1. The van der Waals surface area contributed by atoms with Gasteiger partial charge in [0.1, 0.15) is 23.9 Å². The molecule has 2 heterocycles. The molecule has 0 atom stereocenters. The molecule has 0 unspecified atom stereocenters. The van der Waals surface area contributed by atoms with E-state index in [1.54, 1.807) is 26.6 Å². The number of aryl methyl sites for hydroxylation is 1. The number of aromatic nitrogens is 3. The number of H-pyrrole nitrogens is 1. The van der Waals surface area contributed by atoms with E-state index in [0.717, 1.165) is 22.5 Å². The van der Waals surface area contributed by atoms with Crippen molar-refractivity contribution >= 4 is 64.0 Å². The van der Waals surface area contributed by atoms with Gasteiger partial charge in [0.05, 0.1) is 31.2 Å². The Morgan fingerprint density at radius 2 is 1.79 bits per heavy atom. The summed E-state index contributed by atoms with van der Waals surface area (Å²) in [5.74, 6) is 1.89. The Balaban J connectivity index is 1.45. The molecule has 4 aromatic rings. The molecular formula is C30H29IN4O3. The van der Waals surface area contributed by atoms with Crippen LogP contribution in [0.3, 0.4) is 0 Å². The Kier molecular flexibility index (Phi) is 9.58. The SMILES string of the molecule is COc1cc(OCC=N/C=C\C=C/I)cc(OC)c1/C=C/c1cc(/C=C/c2ccc3ccn(C)c3c2)n[nH]1. The first-order valence-corrected chi connectivity index (χ1v) is 13.1. The number of methoxy groups -OCH3 is 2. The van der Waals surface area contributed by atoms with Gasteiger partial charge in [-0.1, -0.05) is 46.9 Å². The van der Waals surface area contributed by atoms with Gasteiger partial charge in [0.2, 0.25) is 0 Å². The van der Waals surface area contributed by atoms with Gasteiger partial charge in [0.15, 0.2) is 0 Å². The lowest BCUT2D eigenvalue weighted by molar-refractivity contribution is 0.359. The summed E-state index contributed by atoms with van der Waals surface area (Å²) in [6.07, 6.45) is 17.1. The largest absolute Gasteiger partial charge is 0.496 e. The van der Waals surface area contributed by atoms with Gasteiger partial charge in [-0.2, -0.15) is 5.10 Å². The van der Waals surface area contributed by atoms with E-state index in [2.05, 4.69) is 78.9 Å². The molecule has 0 spiro atoms. The minimum absolute atomic E-state index is 0.323. The van der Waals surface area contributed by atoms with Crippen molar-refractivity contribution in [2.45, 2.75) is 0 Å². The van der Waals surface area contributed by atoms with Gasteiger partial charge in [-0.05, 0) is 57.5 Å². The highest BCUT2D eigenvalue weighted by Gasteiger charge is 2.11. The van der Waals surface area contributed by atoms with Crippen LogP contribution in [0.15, 0.2) is 76.1 Å². The molecule has 2 aromatic heterocycles. The average Bonchev–Trinajstić information content (AvgIpc) is 3.56. The number of nitrogens with zero attached hydrogens (tertiary/aromatic N) is 3. The molecule has 194 valence electrons. The van der Waals surface area contributed by atoms with Crippen LogP contribution in [0.25, 0.3) is 35.2 Å². The van der Waals surface area contributed by atoms with E-state index in [-0.39, 0.29) is 0 Å². The zero-order valence-corrected chi connectivity index (χ0v) is 23.6. The number of halogens is 1. The second kappa shape index (κ2) is 13.5. The van der Waals surface area contributed by atoms with E-state index in [4.69, 9.17) is 14.2 Å². The fourth-order valence-corrected chi connectivity index (χ4v) is 4.04. The monoisotopic (exact) mass is 620 g/mol. The van der Waals surface area contributed by atoms with Crippen LogP contribution < -0.4 is 14.2 Å². The lowest BCUT2D eigenvalue weighted by Gasteiger charge is -2.13. The Hall–Kier alpha value is -4.05. The van der Waals surface area contributed by atoms with Crippen molar-refractivity contribution in [1.82, 2.24) is 14.8 Å². The molecular weight excluding hydrogens is 591 g/mol. The second-order valence-electron chi connectivity index (χ2n) is 8.20. The Bertz CT molecular complexity index is 1500. The fraction of sp³-hybridized carbons (Fsp3) is 0.133. The van der Waals surface area contributed by atoms with Gasteiger partial charge in [-0.15, -0.1) is 0 Å². The van der Waals surface area contributed by atoms with Crippen LogP contribution in [-0.4, -0.2) is 41.8 Å². The highest BCUT2D eigenvalue weighted by Crippen LogP contribution is 2.35. The van der Waals surface area contributed by atoms with Crippen LogP contribution in [0.1, 0.15) is 22.5 Å². The molecule has 0 saturated heterocycles. The molecule has 2 aromatic carbocycles. The summed E-state index contributed by atoms with van der Waals surface area (Å²) in [5, 5.41) is 8.69. The number of fused-ring (bicyclic) bond motifs is 1. The van der Waals surface area contributed by atoms with Gasteiger partial charge in [0, 0.05) is 43.3 Å². The van der Waals surface area contributed by atoms with Crippen molar-refractivity contribution in [2.75, 3.05) is 20.8 Å². The van der Waals surface area contributed by atoms with Gasteiger partial charge >= 0.3 is 0 Å². The standard InChI is InChI=1S/C30H29IN4O3/c1-35-16-12-23-8-6-22(18-28(23)35)7-9-24-19-25(34-33-24)10-11-27-29(36-2)20-26(21-30(27)37-3)38-17-15-32-14-5-4-13-31/h4-16,18-21H,17H2,1-3H3,(H,33,34)/b9-7+,11-10+,13-4-,14-5-,32-15?. The van der Waals surface area contributed by atoms with E-state index in [0.29, 0.717) is 23.9 Å². The van der Waals surface area contributed by atoms with Crippen molar-refractivity contribution in [3.8, 4) is 17.2 Å². The topological polar surface area (TPSA) is 73.7 Å². The van der Waals surface area contributed by atoms with Crippen molar-refractivity contribution in [1.29, 1.82) is 0 Å². The molecule has 1 N–H and O–H groups in total. The molecule has 38 heavy (non-hydrogen) atoms.